The van der Waals surface area contributed by atoms with Gasteiger partial charge in [0.2, 0.25) is 5.91 Å². The fourth-order valence-corrected chi connectivity index (χ4v) is 3.78. The molecule has 1 fully saturated rings. The van der Waals surface area contributed by atoms with Crippen molar-refractivity contribution in [2.45, 2.75) is 12.3 Å². The van der Waals surface area contributed by atoms with Gasteiger partial charge in [-0.05, 0) is 42.3 Å². The molecule has 2 aromatic carbocycles. The van der Waals surface area contributed by atoms with Crippen molar-refractivity contribution < 1.29 is 13.6 Å². The van der Waals surface area contributed by atoms with Gasteiger partial charge in [0.15, 0.2) is 11.6 Å². The second kappa shape index (κ2) is 5.89. The number of amides is 1. The van der Waals surface area contributed by atoms with Crippen LogP contribution in [0.5, 0.6) is 0 Å². The van der Waals surface area contributed by atoms with Crippen molar-refractivity contribution >= 4 is 35.0 Å². The zero-order chi connectivity index (χ0) is 15.9. The first-order chi connectivity index (χ1) is 10.5. The molecule has 0 aromatic heterocycles. The Morgan fingerprint density at radius 1 is 1.23 bits per heavy atom. The summed E-state index contributed by atoms with van der Waals surface area (Å²) in [7, 11) is 0. The third kappa shape index (κ3) is 2.59. The van der Waals surface area contributed by atoms with Crippen molar-refractivity contribution in [1.82, 2.24) is 0 Å². The van der Waals surface area contributed by atoms with Crippen molar-refractivity contribution in [2.75, 3.05) is 10.7 Å². The van der Waals surface area contributed by atoms with E-state index in [2.05, 4.69) is 0 Å². The van der Waals surface area contributed by atoms with E-state index < -0.39 is 11.6 Å². The van der Waals surface area contributed by atoms with Crippen molar-refractivity contribution in [1.29, 1.82) is 0 Å². The number of halogens is 3. The van der Waals surface area contributed by atoms with Gasteiger partial charge < -0.3 is 0 Å². The monoisotopic (exact) mass is 339 g/mol. The highest BCUT2D eigenvalue weighted by atomic mass is 35.5. The van der Waals surface area contributed by atoms with E-state index in [1.807, 2.05) is 6.92 Å². The fraction of sp³-hybridized carbons (Fsp3) is 0.188. The number of nitrogens with zero attached hydrogens (tertiary/aromatic N) is 1. The molecule has 0 saturated carbocycles. The molecular weight excluding hydrogens is 328 g/mol. The molecule has 1 saturated heterocycles. The number of carbonyl (C=O) groups is 1. The molecule has 114 valence electrons. The van der Waals surface area contributed by atoms with Crippen LogP contribution < -0.4 is 4.90 Å². The van der Waals surface area contributed by atoms with E-state index in [9.17, 15) is 13.6 Å². The molecular formula is C16H12ClF2NOS. The normalized spacial score (nSPS) is 18.1. The number of hydrogen-bond acceptors (Lipinski definition) is 2. The van der Waals surface area contributed by atoms with E-state index in [4.69, 9.17) is 11.6 Å². The van der Waals surface area contributed by atoms with Gasteiger partial charge in [-0.25, -0.2) is 8.78 Å². The largest absolute Gasteiger partial charge is 0.295 e. The first kappa shape index (κ1) is 15.3. The molecule has 0 radical (unpaired) electrons. The van der Waals surface area contributed by atoms with E-state index in [0.29, 0.717) is 16.3 Å². The average Bonchev–Trinajstić information content (AvgIpc) is 2.87. The van der Waals surface area contributed by atoms with Crippen LogP contribution in [0.3, 0.4) is 0 Å². The molecule has 22 heavy (non-hydrogen) atoms. The molecule has 0 bridgehead atoms. The van der Waals surface area contributed by atoms with Gasteiger partial charge in [0.1, 0.15) is 5.37 Å². The molecule has 2 aromatic rings. The molecule has 2 nitrogen and oxygen atoms in total. The maximum absolute atomic E-state index is 13.5. The van der Waals surface area contributed by atoms with E-state index in [-0.39, 0.29) is 17.0 Å². The van der Waals surface area contributed by atoms with Crippen LogP contribution in [-0.4, -0.2) is 11.7 Å². The second-order valence-corrected chi connectivity index (χ2v) is 6.46. The molecule has 0 N–H and O–H groups in total. The maximum Gasteiger partial charge on any atom is 0.238 e. The van der Waals surface area contributed by atoms with Gasteiger partial charge in [0.25, 0.3) is 0 Å². The molecule has 0 aliphatic carbocycles. The minimum absolute atomic E-state index is 0.0786. The minimum atomic E-state index is -0.916. The smallest absolute Gasteiger partial charge is 0.238 e. The van der Waals surface area contributed by atoms with Crippen LogP contribution in [0.1, 0.15) is 16.5 Å². The van der Waals surface area contributed by atoms with Gasteiger partial charge in [-0.3, -0.25) is 9.69 Å². The van der Waals surface area contributed by atoms with Gasteiger partial charge in [0, 0.05) is 10.7 Å². The van der Waals surface area contributed by atoms with Gasteiger partial charge >= 0.3 is 0 Å². The Labute approximate surface area is 136 Å². The Morgan fingerprint density at radius 3 is 2.73 bits per heavy atom. The highest BCUT2D eigenvalue weighted by Crippen LogP contribution is 2.43. The van der Waals surface area contributed by atoms with E-state index in [1.54, 1.807) is 23.1 Å². The first-order valence-corrected chi connectivity index (χ1v) is 8.05. The van der Waals surface area contributed by atoms with Crippen molar-refractivity contribution in [3.8, 4) is 0 Å². The average molecular weight is 340 g/mol. The van der Waals surface area contributed by atoms with Crippen LogP contribution >= 0.6 is 23.4 Å². The Hall–Kier alpha value is -1.59. The topological polar surface area (TPSA) is 20.3 Å². The summed E-state index contributed by atoms with van der Waals surface area (Å²) in [6.07, 6.45) is 0. The van der Waals surface area contributed by atoms with Crippen LogP contribution in [0.25, 0.3) is 0 Å². The zero-order valence-electron chi connectivity index (χ0n) is 11.6. The summed E-state index contributed by atoms with van der Waals surface area (Å²) in [4.78, 5) is 13.9. The second-order valence-electron chi connectivity index (χ2n) is 4.98. The Morgan fingerprint density at radius 2 is 2.00 bits per heavy atom. The number of thioether (sulfide) groups is 1. The maximum atomic E-state index is 13.5. The van der Waals surface area contributed by atoms with Crippen LogP contribution in [0.2, 0.25) is 5.02 Å². The van der Waals surface area contributed by atoms with Crippen molar-refractivity contribution in [3.63, 3.8) is 0 Å². The lowest BCUT2D eigenvalue weighted by Gasteiger charge is -2.26. The van der Waals surface area contributed by atoms with Crippen LogP contribution in [-0.2, 0) is 4.79 Å². The van der Waals surface area contributed by atoms with Crippen LogP contribution in [0.15, 0.2) is 36.4 Å². The van der Waals surface area contributed by atoms with Gasteiger partial charge in [-0.2, -0.15) is 0 Å². The van der Waals surface area contributed by atoms with E-state index in [0.717, 1.165) is 17.7 Å². The van der Waals surface area contributed by atoms with Crippen LogP contribution in [0, 0.1) is 18.6 Å². The summed E-state index contributed by atoms with van der Waals surface area (Å²) < 4.78 is 26.6. The summed E-state index contributed by atoms with van der Waals surface area (Å²) >= 11 is 7.51. The summed E-state index contributed by atoms with van der Waals surface area (Å²) in [5.74, 6) is -1.61. The summed E-state index contributed by atoms with van der Waals surface area (Å²) in [6, 6.07) is 9.04. The molecule has 0 unspecified atom stereocenters. The fourth-order valence-electron chi connectivity index (χ4n) is 2.45. The van der Waals surface area contributed by atoms with Gasteiger partial charge in [0.05, 0.1) is 5.75 Å². The van der Waals surface area contributed by atoms with Gasteiger partial charge in [-0.1, -0.05) is 23.7 Å². The Kier molecular flexibility index (Phi) is 4.10. The highest BCUT2D eigenvalue weighted by Gasteiger charge is 2.35. The molecule has 1 aliphatic rings. The minimum Gasteiger partial charge on any atom is -0.295 e. The molecule has 1 aliphatic heterocycles. The number of hydrogen-bond donors (Lipinski definition) is 0. The predicted octanol–water partition coefficient (Wildman–Crippen LogP) is 4.71. The number of rotatable bonds is 2. The predicted molar refractivity (Wildman–Crippen MR) is 85.2 cm³/mol. The number of carbonyl (C=O) groups excluding carboxylic acids is 1. The van der Waals surface area contributed by atoms with E-state index >= 15 is 0 Å². The Bertz CT molecular complexity index is 753. The highest BCUT2D eigenvalue weighted by molar-refractivity contribution is 8.00. The van der Waals surface area contributed by atoms with E-state index in [1.165, 1.54) is 17.8 Å². The Balaban J connectivity index is 2.06. The number of anilines is 1. The third-order valence-corrected chi connectivity index (χ3v) is 5.22. The van der Waals surface area contributed by atoms with Crippen molar-refractivity contribution in [2.24, 2.45) is 0 Å². The van der Waals surface area contributed by atoms with Crippen LogP contribution in [0.4, 0.5) is 14.5 Å². The molecule has 1 atom stereocenters. The first-order valence-electron chi connectivity index (χ1n) is 6.63. The SMILES string of the molecule is Cc1c(Cl)cccc1N1C(=O)CS[C@H]1c1ccc(F)c(F)c1. The lowest BCUT2D eigenvalue weighted by Crippen LogP contribution is -2.28. The molecule has 0 spiro atoms. The molecule has 6 heteroatoms. The standard InChI is InChI=1S/C16H12ClF2NOS/c1-9-11(17)3-2-4-14(9)20-15(21)8-22-16(20)10-5-6-12(18)13(19)7-10/h2-7,16H,8H2,1H3/t16-/m0/s1. The lowest BCUT2D eigenvalue weighted by atomic mass is 10.1. The lowest BCUT2D eigenvalue weighted by molar-refractivity contribution is -0.115. The third-order valence-electron chi connectivity index (χ3n) is 3.60. The summed E-state index contributed by atoms with van der Waals surface area (Å²) in [5.41, 5.74) is 2.03. The van der Waals surface area contributed by atoms with Gasteiger partial charge in [-0.15, -0.1) is 11.8 Å². The molecule has 3 rings (SSSR count). The molecule has 1 amide bonds. The van der Waals surface area contributed by atoms with Crippen molar-refractivity contribution in [3.05, 3.63) is 64.2 Å². The molecule has 1 heterocycles. The summed E-state index contributed by atoms with van der Waals surface area (Å²) in [5, 5.41) is 0.172. The zero-order valence-corrected chi connectivity index (χ0v) is 13.2. The number of benzene rings is 2. The quantitative estimate of drug-likeness (QED) is 0.790. The summed E-state index contributed by atoms with van der Waals surface area (Å²) in [6.45, 7) is 1.83.